The molecule has 0 spiro atoms. The first-order chi connectivity index (χ1) is 12.7. The molecule has 0 N–H and O–H groups in total. The highest BCUT2D eigenvalue weighted by atomic mass is 35.5. The molecule has 1 aliphatic heterocycles. The summed E-state index contributed by atoms with van der Waals surface area (Å²) < 4.78 is 0. The van der Waals surface area contributed by atoms with Gasteiger partial charge >= 0.3 is 0 Å². The van der Waals surface area contributed by atoms with Crippen LogP contribution < -0.4 is 4.90 Å². The van der Waals surface area contributed by atoms with Crippen LogP contribution in [0.15, 0.2) is 41.3 Å². The molecule has 2 aromatic carbocycles. The van der Waals surface area contributed by atoms with Crippen molar-refractivity contribution < 1.29 is 9.59 Å². The SMILES string of the molecule is Cc1cccc(N2C(=O)C(SC(C)C)=C(c3ccc(Cl)cc3Cl)C2=O)c1C. The Labute approximate surface area is 173 Å². The fourth-order valence-electron chi connectivity index (χ4n) is 2.98. The van der Waals surface area contributed by atoms with Crippen molar-refractivity contribution in [2.45, 2.75) is 32.9 Å². The maximum atomic E-state index is 13.4. The van der Waals surface area contributed by atoms with Gasteiger partial charge in [-0.2, -0.15) is 0 Å². The molecule has 0 radical (unpaired) electrons. The topological polar surface area (TPSA) is 37.4 Å². The maximum absolute atomic E-state index is 13.4. The summed E-state index contributed by atoms with van der Waals surface area (Å²) in [6.45, 7) is 7.83. The van der Waals surface area contributed by atoms with E-state index in [9.17, 15) is 9.59 Å². The van der Waals surface area contributed by atoms with Crippen molar-refractivity contribution in [1.29, 1.82) is 0 Å². The van der Waals surface area contributed by atoms with Crippen molar-refractivity contribution in [2.24, 2.45) is 0 Å². The minimum absolute atomic E-state index is 0.136. The molecule has 0 saturated heterocycles. The van der Waals surface area contributed by atoms with E-state index in [4.69, 9.17) is 23.2 Å². The fourth-order valence-corrected chi connectivity index (χ4v) is 4.46. The molecule has 6 heteroatoms. The predicted molar refractivity (Wildman–Crippen MR) is 115 cm³/mol. The van der Waals surface area contributed by atoms with Crippen LogP contribution >= 0.6 is 35.0 Å². The number of aryl methyl sites for hydroxylation is 1. The Balaban J connectivity index is 2.19. The molecule has 0 atom stereocenters. The number of hydrogen-bond acceptors (Lipinski definition) is 3. The Kier molecular flexibility index (Phi) is 5.71. The zero-order chi connectivity index (χ0) is 19.9. The lowest BCUT2D eigenvalue weighted by Gasteiger charge is -2.19. The van der Waals surface area contributed by atoms with E-state index in [1.807, 2.05) is 39.8 Å². The third kappa shape index (κ3) is 3.66. The van der Waals surface area contributed by atoms with Gasteiger partial charge in [-0.05, 0) is 43.2 Å². The lowest BCUT2D eigenvalue weighted by Crippen LogP contribution is -2.32. The highest BCUT2D eigenvalue weighted by Crippen LogP contribution is 2.42. The zero-order valence-electron chi connectivity index (χ0n) is 15.5. The van der Waals surface area contributed by atoms with Gasteiger partial charge in [-0.3, -0.25) is 9.59 Å². The van der Waals surface area contributed by atoms with Crippen LogP contribution in [0.2, 0.25) is 10.0 Å². The molecule has 0 aliphatic carbocycles. The van der Waals surface area contributed by atoms with Gasteiger partial charge in [-0.15, -0.1) is 11.8 Å². The highest BCUT2D eigenvalue weighted by Gasteiger charge is 2.41. The number of imide groups is 1. The number of benzene rings is 2. The Bertz CT molecular complexity index is 982. The van der Waals surface area contributed by atoms with Crippen molar-refractivity contribution in [3.8, 4) is 0 Å². The smallest absolute Gasteiger partial charge is 0.268 e. The summed E-state index contributed by atoms with van der Waals surface area (Å²) in [6.07, 6.45) is 0. The second kappa shape index (κ2) is 7.70. The van der Waals surface area contributed by atoms with E-state index in [-0.39, 0.29) is 17.1 Å². The molecular weight excluding hydrogens is 401 g/mol. The van der Waals surface area contributed by atoms with Crippen molar-refractivity contribution in [2.75, 3.05) is 4.90 Å². The average molecular weight is 420 g/mol. The highest BCUT2D eigenvalue weighted by molar-refractivity contribution is 8.04. The second-order valence-electron chi connectivity index (χ2n) is 6.66. The molecule has 0 fully saturated rings. The largest absolute Gasteiger partial charge is 0.272 e. The summed E-state index contributed by atoms with van der Waals surface area (Å²) in [7, 11) is 0. The number of amides is 2. The summed E-state index contributed by atoms with van der Waals surface area (Å²) in [4.78, 5) is 28.3. The number of carbonyl (C=O) groups excluding carboxylic acids is 2. The van der Waals surface area contributed by atoms with Crippen LogP contribution in [0.25, 0.3) is 5.57 Å². The molecule has 0 saturated carbocycles. The molecule has 2 aromatic rings. The summed E-state index contributed by atoms with van der Waals surface area (Å²) in [5.41, 5.74) is 3.38. The zero-order valence-corrected chi connectivity index (χ0v) is 17.8. The minimum Gasteiger partial charge on any atom is -0.268 e. The summed E-state index contributed by atoms with van der Waals surface area (Å²) in [6, 6.07) is 10.5. The first kappa shape index (κ1) is 20.0. The van der Waals surface area contributed by atoms with E-state index in [0.717, 1.165) is 11.1 Å². The summed E-state index contributed by atoms with van der Waals surface area (Å²) >= 11 is 13.7. The number of nitrogens with zero attached hydrogens (tertiary/aromatic N) is 1. The molecular formula is C21H19Cl2NO2S. The first-order valence-corrected chi connectivity index (χ1v) is 10.2. The molecule has 0 bridgehead atoms. The number of carbonyl (C=O) groups is 2. The monoisotopic (exact) mass is 419 g/mol. The molecule has 27 heavy (non-hydrogen) atoms. The normalized spacial score (nSPS) is 14.7. The van der Waals surface area contributed by atoms with Gasteiger partial charge in [0.2, 0.25) is 0 Å². The first-order valence-electron chi connectivity index (χ1n) is 8.53. The Morgan fingerprint density at radius 3 is 2.33 bits per heavy atom. The molecule has 0 aromatic heterocycles. The van der Waals surface area contributed by atoms with Crippen LogP contribution in [0.4, 0.5) is 5.69 Å². The molecule has 3 nitrogen and oxygen atoms in total. The molecule has 0 unspecified atom stereocenters. The van der Waals surface area contributed by atoms with Crippen LogP contribution in [0.3, 0.4) is 0 Å². The number of halogens is 2. The fraction of sp³-hybridized carbons (Fsp3) is 0.238. The minimum atomic E-state index is -0.360. The standard InChI is InChI=1S/C21H19Cl2NO2S/c1-11(2)27-19-18(15-9-8-14(22)10-16(15)23)20(25)24(21(19)26)17-7-5-6-12(3)13(17)4/h5-11H,1-4H3. The van der Waals surface area contributed by atoms with Gasteiger partial charge in [0, 0.05) is 15.8 Å². The third-order valence-electron chi connectivity index (χ3n) is 4.41. The van der Waals surface area contributed by atoms with Crippen LogP contribution in [0.5, 0.6) is 0 Å². The van der Waals surface area contributed by atoms with E-state index in [0.29, 0.717) is 31.8 Å². The number of rotatable bonds is 4. The van der Waals surface area contributed by atoms with Crippen molar-refractivity contribution in [3.05, 3.63) is 68.0 Å². The van der Waals surface area contributed by atoms with Crippen LogP contribution in [0, 0.1) is 13.8 Å². The molecule has 140 valence electrons. The molecule has 1 heterocycles. The average Bonchev–Trinajstić information content (AvgIpc) is 2.81. The van der Waals surface area contributed by atoms with Crippen LogP contribution in [-0.4, -0.2) is 17.1 Å². The quantitative estimate of drug-likeness (QED) is 0.567. The Hall–Kier alpha value is -1.75. The lowest BCUT2D eigenvalue weighted by atomic mass is 10.1. The van der Waals surface area contributed by atoms with Crippen molar-refractivity contribution in [1.82, 2.24) is 0 Å². The molecule has 3 rings (SSSR count). The summed E-state index contributed by atoms with van der Waals surface area (Å²) in [5.74, 6) is -0.672. The molecule has 2 amide bonds. The van der Waals surface area contributed by atoms with Crippen molar-refractivity contribution in [3.63, 3.8) is 0 Å². The second-order valence-corrected chi connectivity index (χ2v) is 9.09. The van der Waals surface area contributed by atoms with Crippen LogP contribution in [-0.2, 0) is 9.59 Å². The molecule has 1 aliphatic rings. The number of anilines is 1. The number of hydrogen-bond donors (Lipinski definition) is 0. The van der Waals surface area contributed by atoms with E-state index in [1.165, 1.54) is 16.7 Å². The van der Waals surface area contributed by atoms with E-state index < -0.39 is 0 Å². The lowest BCUT2D eigenvalue weighted by molar-refractivity contribution is -0.119. The van der Waals surface area contributed by atoms with Crippen molar-refractivity contribution >= 4 is 58.0 Å². The van der Waals surface area contributed by atoms with Gasteiger partial charge in [-0.1, -0.05) is 55.2 Å². The Morgan fingerprint density at radius 1 is 1.00 bits per heavy atom. The van der Waals surface area contributed by atoms with Gasteiger partial charge in [0.25, 0.3) is 11.8 Å². The van der Waals surface area contributed by atoms with Gasteiger partial charge in [-0.25, -0.2) is 4.90 Å². The predicted octanol–water partition coefficient (Wildman–Crippen LogP) is 6.04. The van der Waals surface area contributed by atoms with Gasteiger partial charge in [0.05, 0.1) is 21.2 Å². The van der Waals surface area contributed by atoms with Crippen LogP contribution in [0.1, 0.15) is 30.5 Å². The van der Waals surface area contributed by atoms with E-state index in [2.05, 4.69) is 0 Å². The Morgan fingerprint density at radius 2 is 1.70 bits per heavy atom. The van der Waals surface area contributed by atoms with Gasteiger partial charge in [0.1, 0.15) is 0 Å². The van der Waals surface area contributed by atoms with Gasteiger partial charge < -0.3 is 0 Å². The van der Waals surface area contributed by atoms with E-state index in [1.54, 1.807) is 24.3 Å². The van der Waals surface area contributed by atoms with Gasteiger partial charge in [0.15, 0.2) is 0 Å². The van der Waals surface area contributed by atoms with E-state index >= 15 is 0 Å². The number of thioether (sulfide) groups is 1. The maximum Gasteiger partial charge on any atom is 0.272 e. The third-order valence-corrected chi connectivity index (χ3v) is 6.05. The summed E-state index contributed by atoms with van der Waals surface area (Å²) in [5, 5.41) is 0.963.